The summed E-state index contributed by atoms with van der Waals surface area (Å²) in [5.41, 5.74) is 7.25. The van der Waals surface area contributed by atoms with E-state index < -0.39 is 6.10 Å². The van der Waals surface area contributed by atoms with Crippen LogP contribution in [0.15, 0.2) is 24.3 Å². The highest BCUT2D eigenvalue weighted by atomic mass is 16.3. The van der Waals surface area contributed by atoms with E-state index in [1.165, 1.54) is 0 Å². The van der Waals surface area contributed by atoms with Crippen molar-refractivity contribution in [1.82, 2.24) is 5.32 Å². The second-order valence-electron chi connectivity index (χ2n) is 3.93. The molecule has 4 N–H and O–H groups in total. The molecule has 5 nitrogen and oxygen atoms in total. The van der Waals surface area contributed by atoms with Gasteiger partial charge in [0, 0.05) is 24.3 Å². The second kappa shape index (κ2) is 4.40. The van der Waals surface area contributed by atoms with Gasteiger partial charge in [0.2, 0.25) is 6.41 Å². The molecule has 2 atom stereocenters. The van der Waals surface area contributed by atoms with Crippen molar-refractivity contribution in [3.63, 3.8) is 0 Å². The summed E-state index contributed by atoms with van der Waals surface area (Å²) in [7, 11) is 0. The molecule has 2 unspecified atom stereocenters. The molecule has 0 aliphatic carbocycles. The lowest BCUT2D eigenvalue weighted by molar-refractivity contribution is -0.110. The molecule has 1 amide bonds. The summed E-state index contributed by atoms with van der Waals surface area (Å²) in [4.78, 5) is 12.4. The van der Waals surface area contributed by atoms with Crippen molar-refractivity contribution in [2.75, 3.05) is 17.2 Å². The minimum atomic E-state index is -0.407. The van der Waals surface area contributed by atoms with Crippen LogP contribution in [0.5, 0.6) is 0 Å². The Morgan fingerprint density at radius 2 is 2.12 bits per heavy atom. The lowest BCUT2D eigenvalue weighted by Gasteiger charge is -2.25. The molecule has 0 bridgehead atoms. The van der Waals surface area contributed by atoms with E-state index >= 15 is 0 Å². The molecule has 5 heteroatoms. The standard InChI is InChI=1S/C11H15N3O2/c12-8-1-3-9(4-2-8)14-6-10(16)5-11(14)13-7-15/h1-4,7,10-11,16H,5-6,12H2,(H,13,15). The number of nitrogens with one attached hydrogen (secondary N) is 1. The number of amides is 1. The molecule has 0 radical (unpaired) electrons. The van der Waals surface area contributed by atoms with Crippen molar-refractivity contribution in [3.8, 4) is 0 Å². The van der Waals surface area contributed by atoms with E-state index in [0.29, 0.717) is 25.1 Å². The van der Waals surface area contributed by atoms with Gasteiger partial charge in [-0.25, -0.2) is 0 Å². The number of carbonyl (C=O) groups is 1. The van der Waals surface area contributed by atoms with Crippen LogP contribution in [-0.2, 0) is 4.79 Å². The van der Waals surface area contributed by atoms with Gasteiger partial charge in [0.15, 0.2) is 0 Å². The van der Waals surface area contributed by atoms with Crippen molar-refractivity contribution in [3.05, 3.63) is 24.3 Å². The third kappa shape index (κ3) is 2.09. The van der Waals surface area contributed by atoms with Crippen LogP contribution in [0.3, 0.4) is 0 Å². The van der Waals surface area contributed by atoms with Crippen molar-refractivity contribution < 1.29 is 9.90 Å². The van der Waals surface area contributed by atoms with Gasteiger partial charge < -0.3 is 21.1 Å². The average molecular weight is 221 g/mol. The van der Waals surface area contributed by atoms with E-state index in [2.05, 4.69) is 5.32 Å². The van der Waals surface area contributed by atoms with Gasteiger partial charge in [0.25, 0.3) is 0 Å². The number of aliphatic hydroxyl groups is 1. The first-order valence-electron chi connectivity index (χ1n) is 5.20. The predicted molar refractivity (Wildman–Crippen MR) is 61.8 cm³/mol. The number of benzene rings is 1. The Balaban J connectivity index is 2.18. The number of aliphatic hydroxyl groups excluding tert-OH is 1. The average Bonchev–Trinajstić information content (AvgIpc) is 2.61. The number of nitrogen functional groups attached to an aromatic ring is 1. The highest BCUT2D eigenvalue weighted by Crippen LogP contribution is 2.24. The van der Waals surface area contributed by atoms with Gasteiger partial charge in [-0.3, -0.25) is 4.79 Å². The van der Waals surface area contributed by atoms with E-state index in [1.54, 1.807) is 12.1 Å². The van der Waals surface area contributed by atoms with Gasteiger partial charge in [0.05, 0.1) is 6.10 Å². The summed E-state index contributed by atoms with van der Waals surface area (Å²) < 4.78 is 0. The number of nitrogens with two attached hydrogens (primary N) is 1. The summed E-state index contributed by atoms with van der Waals surface area (Å²) in [6, 6.07) is 7.37. The van der Waals surface area contributed by atoms with Crippen LogP contribution in [0.1, 0.15) is 6.42 Å². The van der Waals surface area contributed by atoms with Crippen molar-refractivity contribution in [1.29, 1.82) is 0 Å². The third-order valence-electron chi connectivity index (χ3n) is 2.76. The summed E-state index contributed by atoms with van der Waals surface area (Å²) >= 11 is 0. The van der Waals surface area contributed by atoms with Crippen LogP contribution < -0.4 is 16.0 Å². The summed E-state index contributed by atoms with van der Waals surface area (Å²) in [5.74, 6) is 0. The van der Waals surface area contributed by atoms with E-state index in [-0.39, 0.29) is 6.17 Å². The van der Waals surface area contributed by atoms with Crippen LogP contribution in [-0.4, -0.2) is 30.3 Å². The van der Waals surface area contributed by atoms with E-state index in [4.69, 9.17) is 5.73 Å². The van der Waals surface area contributed by atoms with Crippen LogP contribution in [0.25, 0.3) is 0 Å². The minimum Gasteiger partial charge on any atom is -0.399 e. The van der Waals surface area contributed by atoms with E-state index in [0.717, 1.165) is 5.69 Å². The van der Waals surface area contributed by atoms with E-state index in [1.807, 2.05) is 17.0 Å². The molecular weight excluding hydrogens is 206 g/mol. The maximum absolute atomic E-state index is 10.5. The molecule has 1 aliphatic rings. The van der Waals surface area contributed by atoms with Crippen molar-refractivity contribution in [2.45, 2.75) is 18.7 Å². The Morgan fingerprint density at radius 3 is 2.75 bits per heavy atom. The maximum Gasteiger partial charge on any atom is 0.208 e. The first-order valence-corrected chi connectivity index (χ1v) is 5.20. The fraction of sp³-hybridized carbons (Fsp3) is 0.364. The topological polar surface area (TPSA) is 78.6 Å². The fourth-order valence-corrected chi connectivity index (χ4v) is 2.00. The number of hydrogen-bond donors (Lipinski definition) is 3. The molecule has 0 spiro atoms. The monoisotopic (exact) mass is 221 g/mol. The van der Waals surface area contributed by atoms with Crippen molar-refractivity contribution >= 4 is 17.8 Å². The molecular formula is C11H15N3O2. The van der Waals surface area contributed by atoms with Gasteiger partial charge in [-0.05, 0) is 24.3 Å². The number of nitrogens with zero attached hydrogens (tertiary/aromatic N) is 1. The number of rotatable bonds is 3. The Hall–Kier alpha value is -1.75. The Labute approximate surface area is 93.9 Å². The van der Waals surface area contributed by atoms with Crippen LogP contribution in [0.2, 0.25) is 0 Å². The van der Waals surface area contributed by atoms with Gasteiger partial charge in [-0.1, -0.05) is 0 Å². The van der Waals surface area contributed by atoms with Crippen LogP contribution in [0, 0.1) is 0 Å². The molecule has 0 saturated carbocycles. The molecule has 1 aromatic rings. The second-order valence-corrected chi connectivity index (χ2v) is 3.93. The number of carbonyl (C=O) groups excluding carboxylic acids is 1. The minimum absolute atomic E-state index is 0.142. The Kier molecular flexibility index (Phi) is 2.96. The molecule has 16 heavy (non-hydrogen) atoms. The molecule has 1 fully saturated rings. The highest BCUT2D eigenvalue weighted by Gasteiger charge is 2.30. The third-order valence-corrected chi connectivity index (χ3v) is 2.76. The lowest BCUT2D eigenvalue weighted by Crippen LogP contribution is -2.40. The molecule has 86 valence electrons. The SMILES string of the molecule is Nc1ccc(N2CC(O)CC2NC=O)cc1. The number of β-amino-alcohol motifs (C(OH)–C–C–N with tert-alkyl or cyclic N) is 1. The molecule has 0 aromatic heterocycles. The predicted octanol–water partition coefficient (Wildman–Crippen LogP) is -0.0881. The fourth-order valence-electron chi connectivity index (χ4n) is 2.00. The number of anilines is 2. The molecule has 1 aromatic carbocycles. The first-order chi connectivity index (χ1) is 7.70. The lowest BCUT2D eigenvalue weighted by atomic mass is 10.2. The van der Waals surface area contributed by atoms with Gasteiger partial charge in [0.1, 0.15) is 6.17 Å². The zero-order chi connectivity index (χ0) is 11.5. The maximum atomic E-state index is 10.5. The van der Waals surface area contributed by atoms with Crippen LogP contribution >= 0.6 is 0 Å². The van der Waals surface area contributed by atoms with Gasteiger partial charge in [-0.15, -0.1) is 0 Å². The molecule has 1 aliphatic heterocycles. The van der Waals surface area contributed by atoms with E-state index in [9.17, 15) is 9.90 Å². The molecule has 2 rings (SSSR count). The van der Waals surface area contributed by atoms with Crippen molar-refractivity contribution in [2.24, 2.45) is 0 Å². The molecule has 1 heterocycles. The largest absolute Gasteiger partial charge is 0.399 e. The normalized spacial score (nSPS) is 24.4. The molecule has 1 saturated heterocycles. The smallest absolute Gasteiger partial charge is 0.208 e. The first kappa shape index (κ1) is 10.8. The Morgan fingerprint density at radius 1 is 1.44 bits per heavy atom. The number of hydrogen-bond acceptors (Lipinski definition) is 4. The zero-order valence-corrected chi connectivity index (χ0v) is 8.84. The zero-order valence-electron chi connectivity index (χ0n) is 8.84. The summed E-state index contributed by atoms with van der Waals surface area (Å²) in [5, 5.41) is 12.3. The summed E-state index contributed by atoms with van der Waals surface area (Å²) in [6.45, 7) is 0.523. The van der Waals surface area contributed by atoms with Gasteiger partial charge >= 0.3 is 0 Å². The summed E-state index contributed by atoms with van der Waals surface area (Å²) in [6.07, 6.45) is 0.655. The quantitative estimate of drug-likeness (QED) is 0.492. The Bertz CT molecular complexity index is 366. The van der Waals surface area contributed by atoms with Crippen LogP contribution in [0.4, 0.5) is 11.4 Å². The van der Waals surface area contributed by atoms with Gasteiger partial charge in [-0.2, -0.15) is 0 Å². The highest BCUT2D eigenvalue weighted by molar-refractivity contribution is 5.56.